The Hall–Kier alpha value is -1.42. The fraction of sp³-hybridized carbons (Fsp3) is 0.500. The summed E-state index contributed by atoms with van der Waals surface area (Å²) in [6.07, 6.45) is 1.60. The number of carboxylic acid groups (broad SMARTS) is 1. The zero-order valence-corrected chi connectivity index (χ0v) is 10.1. The Balaban J connectivity index is 3.13. The third kappa shape index (κ3) is 2.79. The van der Waals surface area contributed by atoms with Crippen LogP contribution in [-0.2, 0) is 10.3 Å². The summed E-state index contributed by atoms with van der Waals surface area (Å²) in [5, 5.41) is 12.4. The summed E-state index contributed by atoms with van der Waals surface area (Å²) in [4.78, 5) is 15.5. The zero-order valence-electron chi connectivity index (χ0n) is 10.1. The second kappa shape index (κ2) is 4.22. The van der Waals surface area contributed by atoms with Gasteiger partial charge in [0, 0.05) is 11.7 Å². The van der Waals surface area contributed by atoms with E-state index in [9.17, 15) is 9.90 Å². The maximum atomic E-state index is 11.4. The van der Waals surface area contributed by atoms with Crippen molar-refractivity contribution in [3.63, 3.8) is 0 Å². The number of hydrogen-bond acceptors (Lipinski definition) is 3. The normalized spacial score (nSPS) is 15.5. The Kier molecular flexibility index (Phi) is 3.33. The van der Waals surface area contributed by atoms with Gasteiger partial charge < -0.3 is 5.11 Å². The van der Waals surface area contributed by atoms with Crippen LogP contribution in [0.15, 0.2) is 24.4 Å². The van der Waals surface area contributed by atoms with Gasteiger partial charge in [-0.05, 0) is 39.8 Å². The van der Waals surface area contributed by atoms with Crippen LogP contribution in [0.4, 0.5) is 0 Å². The summed E-state index contributed by atoms with van der Waals surface area (Å²) >= 11 is 0. The van der Waals surface area contributed by atoms with Gasteiger partial charge in [0.25, 0.3) is 0 Å². The van der Waals surface area contributed by atoms with Gasteiger partial charge in [0.15, 0.2) is 5.54 Å². The van der Waals surface area contributed by atoms with Crippen LogP contribution in [0.25, 0.3) is 0 Å². The number of aliphatic carboxylic acids is 1. The molecule has 0 radical (unpaired) electrons. The van der Waals surface area contributed by atoms with E-state index in [1.807, 2.05) is 20.8 Å². The van der Waals surface area contributed by atoms with Crippen LogP contribution in [0.2, 0.25) is 0 Å². The Bertz CT molecular complexity index is 370. The van der Waals surface area contributed by atoms with Crippen LogP contribution in [0.3, 0.4) is 0 Å². The van der Waals surface area contributed by atoms with E-state index in [0.717, 1.165) is 0 Å². The highest BCUT2D eigenvalue weighted by atomic mass is 16.4. The lowest BCUT2D eigenvalue weighted by Crippen LogP contribution is -2.55. The zero-order chi connectivity index (χ0) is 12.4. The number of nitrogens with one attached hydrogen (secondary N) is 1. The van der Waals surface area contributed by atoms with E-state index in [1.165, 1.54) is 0 Å². The molecule has 0 saturated carbocycles. The molecule has 1 unspecified atom stereocenters. The third-order valence-corrected chi connectivity index (χ3v) is 2.23. The number of hydrogen-bond donors (Lipinski definition) is 2. The number of carboxylic acids is 1. The number of nitrogens with zero attached hydrogens (tertiary/aromatic N) is 1. The smallest absolute Gasteiger partial charge is 0.329 e. The van der Waals surface area contributed by atoms with E-state index in [2.05, 4.69) is 10.3 Å². The fourth-order valence-electron chi connectivity index (χ4n) is 1.64. The Morgan fingerprint density at radius 1 is 1.31 bits per heavy atom. The number of rotatable bonds is 3. The molecule has 0 fully saturated rings. The van der Waals surface area contributed by atoms with E-state index in [4.69, 9.17) is 0 Å². The van der Waals surface area contributed by atoms with Crippen molar-refractivity contribution in [3.8, 4) is 0 Å². The first-order valence-electron chi connectivity index (χ1n) is 5.20. The molecule has 0 saturated heterocycles. The first-order chi connectivity index (χ1) is 7.26. The quantitative estimate of drug-likeness (QED) is 0.818. The molecule has 0 aliphatic carbocycles. The highest BCUT2D eigenvalue weighted by molar-refractivity contribution is 5.79. The van der Waals surface area contributed by atoms with Crippen molar-refractivity contribution in [1.82, 2.24) is 10.3 Å². The minimum Gasteiger partial charge on any atom is -0.480 e. The van der Waals surface area contributed by atoms with E-state index in [0.29, 0.717) is 5.69 Å². The fourth-order valence-corrected chi connectivity index (χ4v) is 1.64. The van der Waals surface area contributed by atoms with Crippen molar-refractivity contribution >= 4 is 5.97 Å². The maximum absolute atomic E-state index is 11.4. The molecule has 0 aliphatic rings. The minimum atomic E-state index is -1.17. The van der Waals surface area contributed by atoms with Gasteiger partial charge in [-0.1, -0.05) is 6.07 Å². The second-order valence-corrected chi connectivity index (χ2v) is 5.02. The average molecular weight is 222 g/mol. The predicted octanol–water partition coefficient (Wildman–Crippen LogP) is 1.77. The van der Waals surface area contributed by atoms with Gasteiger partial charge in [-0.2, -0.15) is 0 Å². The molecule has 0 bridgehead atoms. The van der Waals surface area contributed by atoms with Crippen LogP contribution < -0.4 is 5.32 Å². The van der Waals surface area contributed by atoms with Gasteiger partial charge >= 0.3 is 5.97 Å². The molecule has 0 aliphatic heterocycles. The molecule has 0 spiro atoms. The second-order valence-electron chi connectivity index (χ2n) is 5.02. The van der Waals surface area contributed by atoms with Gasteiger partial charge in [0.1, 0.15) is 0 Å². The number of aromatic nitrogens is 1. The molecule has 1 heterocycles. The SMILES string of the molecule is CC(C)(C)NC(C)(C(=O)O)c1ccccn1. The lowest BCUT2D eigenvalue weighted by atomic mass is 9.93. The standard InChI is InChI=1S/C12H18N2O2/c1-11(2,3)14-12(4,10(15)16)9-7-5-6-8-13-9/h5-8,14H,1-4H3,(H,15,16). The molecule has 88 valence electrons. The monoisotopic (exact) mass is 222 g/mol. The molecule has 1 aromatic rings. The summed E-state index contributed by atoms with van der Waals surface area (Å²) in [5.74, 6) is -0.930. The average Bonchev–Trinajstić information content (AvgIpc) is 2.16. The Labute approximate surface area is 95.7 Å². The van der Waals surface area contributed by atoms with E-state index >= 15 is 0 Å². The Morgan fingerprint density at radius 3 is 2.31 bits per heavy atom. The van der Waals surface area contributed by atoms with Crippen LogP contribution in [0, 0.1) is 0 Å². The van der Waals surface area contributed by atoms with E-state index < -0.39 is 11.5 Å². The molecule has 4 nitrogen and oxygen atoms in total. The first kappa shape index (κ1) is 12.6. The van der Waals surface area contributed by atoms with E-state index in [-0.39, 0.29) is 5.54 Å². The van der Waals surface area contributed by atoms with E-state index in [1.54, 1.807) is 31.3 Å². The molecule has 1 rings (SSSR count). The summed E-state index contributed by atoms with van der Waals surface area (Å²) in [6.45, 7) is 7.41. The molecule has 0 amide bonds. The van der Waals surface area contributed by atoms with Crippen LogP contribution in [0.5, 0.6) is 0 Å². The molecule has 2 N–H and O–H groups in total. The molecule has 4 heteroatoms. The van der Waals surface area contributed by atoms with Crippen molar-refractivity contribution in [2.45, 2.75) is 38.8 Å². The Morgan fingerprint density at radius 2 is 1.94 bits per heavy atom. The molecular weight excluding hydrogens is 204 g/mol. The highest BCUT2D eigenvalue weighted by Crippen LogP contribution is 2.22. The molecule has 0 aromatic carbocycles. The summed E-state index contributed by atoms with van der Waals surface area (Å²) in [5.41, 5.74) is -0.957. The van der Waals surface area contributed by atoms with Gasteiger partial charge in [0.05, 0.1) is 5.69 Å². The molecule has 1 aromatic heterocycles. The van der Waals surface area contributed by atoms with Crippen LogP contribution in [-0.4, -0.2) is 21.6 Å². The van der Waals surface area contributed by atoms with Crippen LogP contribution >= 0.6 is 0 Å². The summed E-state index contributed by atoms with van der Waals surface area (Å²) < 4.78 is 0. The van der Waals surface area contributed by atoms with Crippen molar-refractivity contribution in [2.24, 2.45) is 0 Å². The molecule has 16 heavy (non-hydrogen) atoms. The predicted molar refractivity (Wildman–Crippen MR) is 62.1 cm³/mol. The maximum Gasteiger partial charge on any atom is 0.329 e. The van der Waals surface area contributed by atoms with Gasteiger partial charge in [0.2, 0.25) is 0 Å². The van der Waals surface area contributed by atoms with Crippen molar-refractivity contribution in [3.05, 3.63) is 30.1 Å². The largest absolute Gasteiger partial charge is 0.480 e. The highest BCUT2D eigenvalue weighted by Gasteiger charge is 2.39. The summed E-state index contributed by atoms with van der Waals surface area (Å²) in [6, 6.07) is 5.27. The molecular formula is C12H18N2O2. The van der Waals surface area contributed by atoms with Gasteiger partial charge in [-0.15, -0.1) is 0 Å². The minimum absolute atomic E-state index is 0.301. The molecule has 1 atom stereocenters. The van der Waals surface area contributed by atoms with Crippen LogP contribution in [0.1, 0.15) is 33.4 Å². The van der Waals surface area contributed by atoms with Crippen molar-refractivity contribution in [2.75, 3.05) is 0 Å². The van der Waals surface area contributed by atoms with Crippen molar-refractivity contribution in [1.29, 1.82) is 0 Å². The first-order valence-corrected chi connectivity index (χ1v) is 5.20. The topological polar surface area (TPSA) is 62.2 Å². The van der Waals surface area contributed by atoms with Gasteiger partial charge in [-0.25, -0.2) is 4.79 Å². The summed E-state index contributed by atoms with van der Waals surface area (Å²) in [7, 11) is 0. The third-order valence-electron chi connectivity index (χ3n) is 2.23. The van der Waals surface area contributed by atoms with Gasteiger partial charge in [-0.3, -0.25) is 10.3 Å². The number of pyridine rings is 1. The lowest BCUT2D eigenvalue weighted by Gasteiger charge is -2.33. The van der Waals surface area contributed by atoms with Crippen molar-refractivity contribution < 1.29 is 9.90 Å². The lowest BCUT2D eigenvalue weighted by molar-refractivity contribution is -0.145. The number of carbonyl (C=O) groups is 1.